The summed E-state index contributed by atoms with van der Waals surface area (Å²) >= 11 is 0. The summed E-state index contributed by atoms with van der Waals surface area (Å²) in [5, 5.41) is 3.05. The Morgan fingerprint density at radius 2 is 1.75 bits per heavy atom. The Labute approximate surface area is 192 Å². The zero-order chi connectivity index (χ0) is 23.3. The van der Waals surface area contributed by atoms with Crippen LogP contribution in [0, 0.1) is 11.8 Å². The number of amides is 2. The summed E-state index contributed by atoms with van der Waals surface area (Å²) in [4.78, 5) is 30.0. The minimum atomic E-state index is -0.157. The highest BCUT2D eigenvalue weighted by Gasteiger charge is 2.30. The molecule has 32 heavy (non-hydrogen) atoms. The third-order valence-corrected chi connectivity index (χ3v) is 5.94. The van der Waals surface area contributed by atoms with Crippen LogP contribution >= 0.6 is 0 Å². The van der Waals surface area contributed by atoms with Crippen LogP contribution in [-0.2, 0) is 16.1 Å². The van der Waals surface area contributed by atoms with E-state index in [0.29, 0.717) is 19.0 Å². The van der Waals surface area contributed by atoms with E-state index in [0.717, 1.165) is 41.8 Å². The molecule has 1 N–H and O–H groups in total. The van der Waals surface area contributed by atoms with Crippen LogP contribution in [0.25, 0.3) is 0 Å². The first-order valence-electron chi connectivity index (χ1n) is 11.7. The van der Waals surface area contributed by atoms with Gasteiger partial charge in [-0.2, -0.15) is 0 Å². The summed E-state index contributed by atoms with van der Waals surface area (Å²) in [7, 11) is 4.02. The predicted octanol–water partition coefficient (Wildman–Crippen LogP) is 5.28. The fraction of sp³-hybridized carbons (Fsp3) is 0.481. The van der Waals surface area contributed by atoms with Crippen molar-refractivity contribution in [3.8, 4) is 0 Å². The van der Waals surface area contributed by atoms with Crippen LogP contribution < -0.4 is 10.2 Å². The SMILES string of the molecule is CC[C@@H](C(=O)N(Cc1cc(NC(=O)C2CC2)ccc1N(C)C)CC(C)C)c1ccccc1. The van der Waals surface area contributed by atoms with Gasteiger partial charge in [0.05, 0.1) is 5.92 Å². The first-order chi connectivity index (χ1) is 15.3. The molecule has 0 unspecified atom stereocenters. The lowest BCUT2D eigenvalue weighted by Crippen LogP contribution is -2.37. The Bertz CT molecular complexity index is 920. The molecule has 0 aromatic heterocycles. The van der Waals surface area contributed by atoms with E-state index in [9.17, 15) is 9.59 Å². The number of rotatable bonds is 10. The maximum Gasteiger partial charge on any atom is 0.230 e. The first-order valence-corrected chi connectivity index (χ1v) is 11.7. The van der Waals surface area contributed by atoms with Crippen LogP contribution in [0.5, 0.6) is 0 Å². The van der Waals surface area contributed by atoms with E-state index in [1.807, 2.05) is 67.5 Å². The van der Waals surface area contributed by atoms with E-state index >= 15 is 0 Å². The van der Waals surface area contributed by atoms with Gasteiger partial charge in [0, 0.05) is 44.5 Å². The molecule has 0 radical (unpaired) electrons. The Morgan fingerprint density at radius 1 is 1.06 bits per heavy atom. The number of benzene rings is 2. The van der Waals surface area contributed by atoms with Crippen molar-refractivity contribution in [3.05, 3.63) is 59.7 Å². The zero-order valence-corrected chi connectivity index (χ0v) is 20.1. The maximum atomic E-state index is 13.7. The van der Waals surface area contributed by atoms with Crippen molar-refractivity contribution < 1.29 is 9.59 Å². The molecule has 1 atom stereocenters. The Hall–Kier alpha value is -2.82. The molecule has 0 aliphatic heterocycles. The summed E-state index contributed by atoms with van der Waals surface area (Å²) in [6, 6.07) is 16.1. The normalized spacial score (nSPS) is 14.2. The van der Waals surface area contributed by atoms with E-state index < -0.39 is 0 Å². The highest BCUT2D eigenvalue weighted by Crippen LogP contribution is 2.32. The molecule has 2 amide bonds. The lowest BCUT2D eigenvalue weighted by atomic mass is 9.94. The minimum absolute atomic E-state index is 0.0961. The van der Waals surface area contributed by atoms with Gasteiger partial charge in [0.1, 0.15) is 0 Å². The largest absolute Gasteiger partial charge is 0.377 e. The molecule has 1 aliphatic carbocycles. The number of nitrogens with one attached hydrogen (secondary N) is 1. The molecule has 1 fully saturated rings. The number of carbonyl (C=O) groups excluding carboxylic acids is 2. The second kappa shape index (κ2) is 10.7. The molecule has 172 valence electrons. The lowest BCUT2D eigenvalue weighted by molar-refractivity contribution is -0.134. The van der Waals surface area contributed by atoms with Crippen LogP contribution in [0.2, 0.25) is 0 Å². The molecule has 1 aliphatic rings. The van der Waals surface area contributed by atoms with E-state index in [-0.39, 0.29) is 23.7 Å². The summed E-state index contributed by atoms with van der Waals surface area (Å²) in [6.07, 6.45) is 2.71. The third kappa shape index (κ3) is 6.12. The monoisotopic (exact) mass is 435 g/mol. The van der Waals surface area contributed by atoms with E-state index in [4.69, 9.17) is 0 Å². The molecule has 5 heteroatoms. The summed E-state index contributed by atoms with van der Waals surface area (Å²) in [5.74, 6) is 0.605. The molecular weight excluding hydrogens is 398 g/mol. The molecule has 3 rings (SSSR count). The minimum Gasteiger partial charge on any atom is -0.377 e. The first kappa shape index (κ1) is 23.8. The quantitative estimate of drug-likeness (QED) is 0.552. The van der Waals surface area contributed by atoms with Crippen molar-refractivity contribution in [2.75, 3.05) is 30.9 Å². The van der Waals surface area contributed by atoms with Crippen LogP contribution in [0.1, 0.15) is 57.1 Å². The van der Waals surface area contributed by atoms with Crippen LogP contribution in [0.3, 0.4) is 0 Å². The standard InChI is InChI=1S/C27H37N3O2/c1-6-24(20-10-8-7-9-11-20)27(32)30(17-19(2)3)18-22-16-23(14-15-25(22)29(4)5)28-26(31)21-12-13-21/h7-11,14-16,19,21,24H,6,12-13,17-18H2,1-5H3,(H,28,31)/t24-/m1/s1. The average Bonchev–Trinajstić information content (AvgIpc) is 3.60. The average molecular weight is 436 g/mol. The van der Waals surface area contributed by atoms with Crippen molar-refractivity contribution in [2.24, 2.45) is 11.8 Å². The van der Waals surface area contributed by atoms with Gasteiger partial charge in [-0.25, -0.2) is 0 Å². The number of anilines is 2. The van der Waals surface area contributed by atoms with Gasteiger partial charge in [0.2, 0.25) is 11.8 Å². The van der Waals surface area contributed by atoms with Crippen LogP contribution in [-0.4, -0.2) is 37.4 Å². The van der Waals surface area contributed by atoms with Gasteiger partial charge in [-0.3, -0.25) is 9.59 Å². The highest BCUT2D eigenvalue weighted by molar-refractivity contribution is 5.94. The van der Waals surface area contributed by atoms with E-state index in [2.05, 4.69) is 31.0 Å². The second-order valence-corrected chi connectivity index (χ2v) is 9.49. The van der Waals surface area contributed by atoms with Crippen LogP contribution in [0.4, 0.5) is 11.4 Å². The van der Waals surface area contributed by atoms with Crippen molar-refractivity contribution in [3.63, 3.8) is 0 Å². The third-order valence-electron chi connectivity index (χ3n) is 5.94. The number of carbonyl (C=O) groups is 2. The fourth-order valence-electron chi connectivity index (χ4n) is 4.15. The molecule has 0 bridgehead atoms. The smallest absolute Gasteiger partial charge is 0.230 e. The van der Waals surface area contributed by atoms with Gasteiger partial charge in [-0.1, -0.05) is 51.1 Å². The van der Waals surface area contributed by atoms with Crippen molar-refractivity contribution in [1.82, 2.24) is 4.90 Å². The van der Waals surface area contributed by atoms with Crippen LogP contribution in [0.15, 0.2) is 48.5 Å². The fourth-order valence-corrected chi connectivity index (χ4v) is 4.15. The van der Waals surface area contributed by atoms with Gasteiger partial charge >= 0.3 is 0 Å². The van der Waals surface area contributed by atoms with Gasteiger partial charge in [-0.05, 0) is 54.5 Å². The Kier molecular flexibility index (Phi) is 7.94. The van der Waals surface area contributed by atoms with Crippen molar-refractivity contribution in [2.45, 2.75) is 52.5 Å². The topological polar surface area (TPSA) is 52.7 Å². The Balaban J connectivity index is 1.89. The summed E-state index contributed by atoms with van der Waals surface area (Å²) in [6.45, 7) is 7.56. The maximum absolute atomic E-state index is 13.7. The zero-order valence-electron chi connectivity index (χ0n) is 20.1. The predicted molar refractivity (Wildman–Crippen MR) is 132 cm³/mol. The van der Waals surface area contributed by atoms with Gasteiger partial charge in [-0.15, -0.1) is 0 Å². The molecular formula is C27H37N3O2. The van der Waals surface area contributed by atoms with Crippen molar-refractivity contribution >= 4 is 23.2 Å². The number of hydrogen-bond donors (Lipinski definition) is 1. The molecule has 2 aromatic carbocycles. The summed E-state index contributed by atoms with van der Waals surface area (Å²) in [5.41, 5.74) is 3.96. The second-order valence-electron chi connectivity index (χ2n) is 9.49. The molecule has 0 spiro atoms. The van der Waals surface area contributed by atoms with E-state index in [1.54, 1.807) is 0 Å². The summed E-state index contributed by atoms with van der Waals surface area (Å²) < 4.78 is 0. The van der Waals surface area contributed by atoms with Crippen molar-refractivity contribution in [1.29, 1.82) is 0 Å². The number of hydrogen-bond acceptors (Lipinski definition) is 3. The highest BCUT2D eigenvalue weighted by atomic mass is 16.2. The Morgan fingerprint density at radius 3 is 2.31 bits per heavy atom. The lowest BCUT2D eigenvalue weighted by Gasteiger charge is -2.30. The molecule has 2 aromatic rings. The van der Waals surface area contributed by atoms with E-state index in [1.165, 1.54) is 0 Å². The van der Waals surface area contributed by atoms with Gasteiger partial charge in [0.15, 0.2) is 0 Å². The number of nitrogens with zero attached hydrogens (tertiary/aromatic N) is 2. The van der Waals surface area contributed by atoms with Gasteiger partial charge in [0.25, 0.3) is 0 Å². The molecule has 5 nitrogen and oxygen atoms in total. The molecule has 0 saturated heterocycles. The van der Waals surface area contributed by atoms with Gasteiger partial charge < -0.3 is 15.1 Å². The molecule has 0 heterocycles. The molecule has 1 saturated carbocycles.